The zero-order chi connectivity index (χ0) is 15.9. The molecule has 1 fully saturated rings. The van der Waals surface area contributed by atoms with E-state index in [2.05, 4.69) is 6.07 Å². The summed E-state index contributed by atoms with van der Waals surface area (Å²) in [7, 11) is 0. The minimum absolute atomic E-state index is 0.108. The molecular formula is C16H21ClN2O3. The maximum atomic E-state index is 10.1. The first kappa shape index (κ1) is 17.2. The van der Waals surface area contributed by atoms with E-state index in [9.17, 15) is 5.11 Å². The van der Waals surface area contributed by atoms with Crippen LogP contribution in [0.25, 0.3) is 0 Å². The summed E-state index contributed by atoms with van der Waals surface area (Å²) in [6.45, 7) is 4.44. The van der Waals surface area contributed by atoms with Crippen LogP contribution in [0.1, 0.15) is 18.6 Å². The molecule has 1 aliphatic rings. The molecule has 1 saturated heterocycles. The molecule has 0 aromatic heterocycles. The number of aliphatic hydroxyl groups excluding tert-OH is 1. The third kappa shape index (κ3) is 5.24. The molecule has 3 unspecified atom stereocenters. The van der Waals surface area contributed by atoms with Crippen molar-refractivity contribution in [2.24, 2.45) is 0 Å². The van der Waals surface area contributed by atoms with Crippen LogP contribution in [-0.4, -0.2) is 55.1 Å². The second kappa shape index (κ2) is 8.47. The zero-order valence-corrected chi connectivity index (χ0v) is 13.4. The van der Waals surface area contributed by atoms with Crippen molar-refractivity contribution in [2.45, 2.75) is 25.2 Å². The first-order chi connectivity index (χ1) is 10.6. The lowest BCUT2D eigenvalue weighted by Gasteiger charge is -2.31. The van der Waals surface area contributed by atoms with Gasteiger partial charge in [0, 0.05) is 24.7 Å². The first-order valence-electron chi connectivity index (χ1n) is 7.37. The molecule has 0 saturated carbocycles. The number of benzene rings is 1. The van der Waals surface area contributed by atoms with Gasteiger partial charge in [0.15, 0.2) is 6.10 Å². The Kier molecular flexibility index (Phi) is 6.62. The molecular weight excluding hydrogens is 304 g/mol. The summed E-state index contributed by atoms with van der Waals surface area (Å²) in [6.07, 6.45) is -1.11. The van der Waals surface area contributed by atoms with Gasteiger partial charge >= 0.3 is 0 Å². The highest BCUT2D eigenvalue weighted by Gasteiger charge is 2.22. The molecule has 1 aromatic carbocycles. The summed E-state index contributed by atoms with van der Waals surface area (Å²) in [5.74, 6) is 0. The highest BCUT2D eigenvalue weighted by molar-refractivity contribution is 6.30. The summed E-state index contributed by atoms with van der Waals surface area (Å²) in [6, 6.07) is 9.57. The maximum Gasteiger partial charge on any atom is 0.156 e. The molecule has 1 aliphatic heterocycles. The maximum absolute atomic E-state index is 10.1. The van der Waals surface area contributed by atoms with E-state index in [0.29, 0.717) is 24.7 Å². The topological polar surface area (TPSA) is 65.7 Å². The van der Waals surface area contributed by atoms with Crippen LogP contribution in [-0.2, 0) is 9.47 Å². The predicted octanol–water partition coefficient (Wildman–Crippen LogP) is 2.00. The van der Waals surface area contributed by atoms with Gasteiger partial charge in [-0.15, -0.1) is 0 Å². The number of hydrogen-bond acceptors (Lipinski definition) is 5. The molecule has 1 aromatic rings. The summed E-state index contributed by atoms with van der Waals surface area (Å²) in [4.78, 5) is 2.03. The number of ether oxygens (including phenoxy) is 2. The molecule has 1 N–H and O–H groups in total. The summed E-state index contributed by atoms with van der Waals surface area (Å²) < 4.78 is 11.0. The number of rotatable bonds is 6. The van der Waals surface area contributed by atoms with Crippen LogP contribution in [0, 0.1) is 11.3 Å². The van der Waals surface area contributed by atoms with Gasteiger partial charge < -0.3 is 14.6 Å². The Balaban J connectivity index is 1.74. The number of morpholine rings is 1. The van der Waals surface area contributed by atoms with E-state index >= 15 is 0 Å². The fourth-order valence-corrected chi connectivity index (χ4v) is 2.51. The quantitative estimate of drug-likeness (QED) is 0.867. The van der Waals surface area contributed by atoms with Gasteiger partial charge in [0.05, 0.1) is 31.5 Å². The van der Waals surface area contributed by atoms with Gasteiger partial charge in [-0.25, -0.2) is 0 Å². The highest BCUT2D eigenvalue weighted by atomic mass is 35.5. The molecule has 0 bridgehead atoms. The summed E-state index contributed by atoms with van der Waals surface area (Å²) in [5, 5.41) is 19.6. The van der Waals surface area contributed by atoms with Gasteiger partial charge in [0.2, 0.25) is 0 Å². The molecule has 6 heteroatoms. The van der Waals surface area contributed by atoms with Gasteiger partial charge in [-0.05, 0) is 24.6 Å². The number of nitriles is 1. The monoisotopic (exact) mass is 324 g/mol. The lowest BCUT2D eigenvalue weighted by atomic mass is 10.1. The number of halogens is 1. The largest absolute Gasteiger partial charge is 0.389 e. The third-order valence-electron chi connectivity index (χ3n) is 3.64. The van der Waals surface area contributed by atoms with E-state index in [1.54, 1.807) is 0 Å². The van der Waals surface area contributed by atoms with E-state index in [1.807, 2.05) is 36.1 Å². The van der Waals surface area contributed by atoms with Crippen LogP contribution in [0.2, 0.25) is 5.02 Å². The van der Waals surface area contributed by atoms with Gasteiger partial charge in [0.1, 0.15) is 0 Å². The van der Waals surface area contributed by atoms with Crippen molar-refractivity contribution in [2.75, 3.05) is 32.8 Å². The van der Waals surface area contributed by atoms with Crippen LogP contribution in [0.3, 0.4) is 0 Å². The Hall–Kier alpha value is -1.16. The standard InChI is InChI=1S/C16H21ClN2O3/c1-12(13-2-4-14(17)5-3-13)22-11-15(20)9-19-6-7-21-16(8-18)10-19/h2-5,12,15-16,20H,6-7,9-11H2,1H3. The Morgan fingerprint density at radius 3 is 2.91 bits per heavy atom. The molecule has 22 heavy (non-hydrogen) atoms. The average Bonchev–Trinajstić information content (AvgIpc) is 2.53. The number of nitrogens with zero attached hydrogens (tertiary/aromatic N) is 2. The minimum Gasteiger partial charge on any atom is -0.389 e. The number of hydrogen-bond donors (Lipinski definition) is 1. The second-order valence-corrected chi connectivity index (χ2v) is 5.87. The lowest BCUT2D eigenvalue weighted by molar-refractivity contribution is -0.0442. The minimum atomic E-state index is -0.591. The van der Waals surface area contributed by atoms with Crippen molar-refractivity contribution >= 4 is 11.6 Å². The third-order valence-corrected chi connectivity index (χ3v) is 3.89. The Labute approximate surface area is 136 Å². The van der Waals surface area contributed by atoms with Crippen molar-refractivity contribution in [3.05, 3.63) is 34.9 Å². The summed E-state index contributed by atoms with van der Waals surface area (Å²) >= 11 is 5.86. The van der Waals surface area contributed by atoms with Crippen LogP contribution in [0.4, 0.5) is 0 Å². The molecule has 0 amide bonds. The number of β-amino-alcohol motifs (C(OH)–C–C–N with tert-alkyl or cyclic N) is 1. The van der Waals surface area contributed by atoms with Crippen molar-refractivity contribution in [3.8, 4) is 6.07 Å². The fraction of sp³-hybridized carbons (Fsp3) is 0.562. The van der Waals surface area contributed by atoms with Crippen LogP contribution in [0.15, 0.2) is 24.3 Å². The van der Waals surface area contributed by atoms with Crippen molar-refractivity contribution in [1.29, 1.82) is 5.26 Å². The zero-order valence-electron chi connectivity index (χ0n) is 12.6. The van der Waals surface area contributed by atoms with Gasteiger partial charge in [-0.3, -0.25) is 4.90 Å². The normalized spacial score (nSPS) is 22.0. The van der Waals surface area contributed by atoms with E-state index in [1.165, 1.54) is 0 Å². The molecule has 5 nitrogen and oxygen atoms in total. The average molecular weight is 325 g/mol. The Bertz CT molecular complexity index is 503. The molecule has 0 spiro atoms. The van der Waals surface area contributed by atoms with Gasteiger partial charge in [0.25, 0.3) is 0 Å². The lowest BCUT2D eigenvalue weighted by Crippen LogP contribution is -2.45. The van der Waals surface area contributed by atoms with E-state index in [0.717, 1.165) is 12.1 Å². The van der Waals surface area contributed by atoms with E-state index < -0.39 is 12.2 Å². The van der Waals surface area contributed by atoms with Crippen molar-refractivity contribution < 1.29 is 14.6 Å². The molecule has 0 radical (unpaired) electrons. The first-order valence-corrected chi connectivity index (χ1v) is 7.75. The molecule has 0 aliphatic carbocycles. The predicted molar refractivity (Wildman–Crippen MR) is 83.6 cm³/mol. The molecule has 2 rings (SSSR count). The van der Waals surface area contributed by atoms with Crippen LogP contribution < -0.4 is 0 Å². The van der Waals surface area contributed by atoms with Crippen molar-refractivity contribution in [3.63, 3.8) is 0 Å². The second-order valence-electron chi connectivity index (χ2n) is 5.43. The molecule has 1 heterocycles. The van der Waals surface area contributed by atoms with Gasteiger partial charge in [-0.2, -0.15) is 5.26 Å². The smallest absolute Gasteiger partial charge is 0.156 e. The molecule has 3 atom stereocenters. The highest BCUT2D eigenvalue weighted by Crippen LogP contribution is 2.19. The van der Waals surface area contributed by atoms with Crippen LogP contribution >= 0.6 is 11.6 Å². The van der Waals surface area contributed by atoms with Gasteiger partial charge in [-0.1, -0.05) is 23.7 Å². The van der Waals surface area contributed by atoms with E-state index in [4.69, 9.17) is 26.3 Å². The fourth-order valence-electron chi connectivity index (χ4n) is 2.38. The Morgan fingerprint density at radius 1 is 1.50 bits per heavy atom. The summed E-state index contributed by atoms with van der Waals surface area (Å²) in [5.41, 5.74) is 1.02. The number of aliphatic hydroxyl groups is 1. The van der Waals surface area contributed by atoms with E-state index in [-0.39, 0.29) is 12.7 Å². The SMILES string of the molecule is CC(OCC(O)CN1CCOC(C#N)C1)c1ccc(Cl)cc1. The Morgan fingerprint density at radius 2 is 2.23 bits per heavy atom. The molecule has 120 valence electrons. The van der Waals surface area contributed by atoms with Crippen molar-refractivity contribution in [1.82, 2.24) is 4.90 Å². The van der Waals surface area contributed by atoms with Crippen LogP contribution in [0.5, 0.6) is 0 Å².